The summed E-state index contributed by atoms with van der Waals surface area (Å²) >= 11 is 0. The van der Waals surface area contributed by atoms with Crippen molar-refractivity contribution in [3.05, 3.63) is 53.7 Å². The molecule has 23 heavy (non-hydrogen) atoms. The maximum absolute atomic E-state index is 11.9. The molecule has 0 bridgehead atoms. The molecule has 0 spiro atoms. The van der Waals surface area contributed by atoms with Crippen LogP contribution in [0.15, 0.2) is 36.7 Å². The van der Waals surface area contributed by atoms with Crippen molar-refractivity contribution in [2.24, 2.45) is 0 Å². The van der Waals surface area contributed by atoms with Crippen LogP contribution in [0.4, 0.5) is 0 Å². The molecule has 0 radical (unpaired) electrons. The molecule has 1 aromatic carbocycles. The average Bonchev–Trinajstić information content (AvgIpc) is 3.29. The number of hydrogen-bond donors (Lipinski definition) is 2. The maximum Gasteiger partial charge on any atom is 0.269 e. The number of rotatable bonds is 3. The van der Waals surface area contributed by atoms with E-state index < -0.39 is 0 Å². The summed E-state index contributed by atoms with van der Waals surface area (Å²) in [6, 6.07) is 10.4. The van der Waals surface area contributed by atoms with Crippen LogP contribution in [-0.4, -0.2) is 37.7 Å². The molecule has 0 fully saturated rings. The number of benzene rings is 1. The minimum atomic E-state index is -0.215. The van der Waals surface area contributed by atoms with Gasteiger partial charge in [0.15, 0.2) is 5.82 Å². The Labute approximate surface area is 132 Å². The molecule has 0 saturated carbocycles. The van der Waals surface area contributed by atoms with Gasteiger partial charge in [-0.2, -0.15) is 0 Å². The Kier molecular flexibility index (Phi) is 3.18. The highest BCUT2D eigenvalue weighted by Crippen LogP contribution is 2.32. The fourth-order valence-electron chi connectivity index (χ4n) is 3.07. The van der Waals surface area contributed by atoms with E-state index in [1.807, 2.05) is 18.2 Å². The summed E-state index contributed by atoms with van der Waals surface area (Å²) in [4.78, 5) is 19.1. The number of hydrogen-bond acceptors (Lipinski definition) is 4. The number of amides is 1. The molecule has 0 saturated heterocycles. The summed E-state index contributed by atoms with van der Waals surface area (Å²) < 4.78 is 2.06. The molecule has 4 rings (SSSR count). The van der Waals surface area contributed by atoms with Crippen LogP contribution >= 0.6 is 0 Å². The SMILES string of the molecule is CNC(=O)c1[nH]cnc1-c1nnc2n1CC(c1ccccc1)C2. The van der Waals surface area contributed by atoms with Crippen LogP contribution in [0, 0.1) is 0 Å². The number of aromatic nitrogens is 5. The van der Waals surface area contributed by atoms with Crippen molar-refractivity contribution in [1.82, 2.24) is 30.0 Å². The lowest BCUT2D eigenvalue weighted by Crippen LogP contribution is -2.19. The Balaban J connectivity index is 1.69. The van der Waals surface area contributed by atoms with Gasteiger partial charge >= 0.3 is 0 Å². The molecule has 2 aromatic heterocycles. The fraction of sp³-hybridized carbons (Fsp3) is 0.250. The second-order valence-corrected chi connectivity index (χ2v) is 5.57. The lowest BCUT2D eigenvalue weighted by atomic mass is 9.98. The van der Waals surface area contributed by atoms with Gasteiger partial charge in [0.2, 0.25) is 0 Å². The normalized spacial score (nSPS) is 16.3. The van der Waals surface area contributed by atoms with E-state index in [-0.39, 0.29) is 5.91 Å². The van der Waals surface area contributed by atoms with Crippen LogP contribution < -0.4 is 5.32 Å². The van der Waals surface area contributed by atoms with E-state index in [1.165, 1.54) is 11.9 Å². The largest absolute Gasteiger partial charge is 0.354 e. The van der Waals surface area contributed by atoms with Crippen LogP contribution in [-0.2, 0) is 13.0 Å². The number of fused-ring (bicyclic) bond motifs is 1. The molecule has 1 aliphatic heterocycles. The van der Waals surface area contributed by atoms with Gasteiger partial charge in [-0.1, -0.05) is 30.3 Å². The zero-order valence-corrected chi connectivity index (χ0v) is 12.7. The summed E-state index contributed by atoms with van der Waals surface area (Å²) in [5.41, 5.74) is 2.24. The van der Waals surface area contributed by atoms with Crippen LogP contribution in [0.3, 0.4) is 0 Å². The molecule has 1 amide bonds. The number of H-pyrrole nitrogens is 1. The maximum atomic E-state index is 11.9. The summed E-state index contributed by atoms with van der Waals surface area (Å²) in [7, 11) is 1.59. The van der Waals surface area contributed by atoms with Gasteiger partial charge in [-0.15, -0.1) is 10.2 Å². The number of nitrogens with zero attached hydrogens (tertiary/aromatic N) is 4. The highest BCUT2D eigenvalue weighted by Gasteiger charge is 2.30. The standard InChI is InChI=1S/C16H16N6O/c1-17-16(23)14-13(18-9-19-14)15-21-20-12-7-11(8-22(12)15)10-5-3-2-4-6-10/h2-6,9,11H,7-8H2,1H3,(H,17,23)(H,18,19). The van der Waals surface area contributed by atoms with Gasteiger partial charge < -0.3 is 14.9 Å². The Morgan fingerprint density at radius 3 is 2.91 bits per heavy atom. The topological polar surface area (TPSA) is 88.5 Å². The van der Waals surface area contributed by atoms with Crippen molar-refractivity contribution < 1.29 is 4.79 Å². The Morgan fingerprint density at radius 1 is 1.30 bits per heavy atom. The van der Waals surface area contributed by atoms with Gasteiger partial charge in [0.25, 0.3) is 5.91 Å². The van der Waals surface area contributed by atoms with Gasteiger partial charge in [-0.3, -0.25) is 4.79 Å². The molecule has 3 heterocycles. The monoisotopic (exact) mass is 308 g/mol. The molecule has 116 valence electrons. The molecule has 1 aliphatic rings. The van der Waals surface area contributed by atoms with E-state index in [9.17, 15) is 4.79 Å². The van der Waals surface area contributed by atoms with Crippen LogP contribution in [0.5, 0.6) is 0 Å². The number of aromatic amines is 1. The van der Waals surface area contributed by atoms with E-state index in [2.05, 4.69) is 42.2 Å². The molecule has 7 heteroatoms. The van der Waals surface area contributed by atoms with Crippen LogP contribution in [0.2, 0.25) is 0 Å². The zero-order chi connectivity index (χ0) is 15.8. The Hall–Kier alpha value is -2.96. The Bertz CT molecular complexity index is 851. The first-order chi connectivity index (χ1) is 11.3. The van der Waals surface area contributed by atoms with Gasteiger partial charge in [0.05, 0.1) is 6.33 Å². The molecule has 3 aromatic rings. The molecule has 2 N–H and O–H groups in total. The molecule has 1 unspecified atom stereocenters. The third kappa shape index (κ3) is 2.21. The van der Waals surface area contributed by atoms with Crippen molar-refractivity contribution >= 4 is 5.91 Å². The van der Waals surface area contributed by atoms with Gasteiger partial charge in [-0.25, -0.2) is 4.98 Å². The lowest BCUT2D eigenvalue weighted by Gasteiger charge is -2.09. The summed E-state index contributed by atoms with van der Waals surface area (Å²) in [5.74, 6) is 1.73. The summed E-state index contributed by atoms with van der Waals surface area (Å²) in [6.07, 6.45) is 2.35. The highest BCUT2D eigenvalue weighted by molar-refractivity contribution is 5.97. The molecule has 7 nitrogen and oxygen atoms in total. The van der Waals surface area contributed by atoms with E-state index >= 15 is 0 Å². The van der Waals surface area contributed by atoms with Crippen molar-refractivity contribution in [3.63, 3.8) is 0 Å². The summed E-state index contributed by atoms with van der Waals surface area (Å²) in [5, 5.41) is 11.1. The molecule has 0 aliphatic carbocycles. The first-order valence-electron chi connectivity index (χ1n) is 7.50. The Morgan fingerprint density at radius 2 is 2.13 bits per heavy atom. The van der Waals surface area contributed by atoms with Gasteiger partial charge in [-0.05, 0) is 5.56 Å². The lowest BCUT2D eigenvalue weighted by molar-refractivity contribution is 0.0959. The number of imidazole rings is 1. The molecule has 1 atom stereocenters. The first kappa shape index (κ1) is 13.7. The minimum absolute atomic E-state index is 0.215. The van der Waals surface area contributed by atoms with Gasteiger partial charge in [0, 0.05) is 25.9 Å². The smallest absolute Gasteiger partial charge is 0.269 e. The first-order valence-corrected chi connectivity index (χ1v) is 7.50. The predicted octanol–water partition coefficient (Wildman–Crippen LogP) is 1.37. The van der Waals surface area contributed by atoms with Crippen molar-refractivity contribution in [1.29, 1.82) is 0 Å². The van der Waals surface area contributed by atoms with Crippen molar-refractivity contribution in [3.8, 4) is 11.5 Å². The second kappa shape index (κ2) is 5.35. The quantitative estimate of drug-likeness (QED) is 0.765. The minimum Gasteiger partial charge on any atom is -0.354 e. The van der Waals surface area contributed by atoms with E-state index in [1.54, 1.807) is 7.05 Å². The number of nitrogens with one attached hydrogen (secondary N) is 2. The van der Waals surface area contributed by atoms with E-state index in [4.69, 9.17) is 0 Å². The second-order valence-electron chi connectivity index (χ2n) is 5.57. The summed E-state index contributed by atoms with van der Waals surface area (Å²) in [6.45, 7) is 0.793. The number of carbonyl (C=O) groups is 1. The molecular weight excluding hydrogens is 292 g/mol. The van der Waals surface area contributed by atoms with Crippen LogP contribution in [0.25, 0.3) is 11.5 Å². The van der Waals surface area contributed by atoms with E-state index in [0.717, 1.165) is 18.8 Å². The third-order valence-corrected chi connectivity index (χ3v) is 4.24. The number of carbonyl (C=O) groups excluding carboxylic acids is 1. The highest BCUT2D eigenvalue weighted by atomic mass is 16.1. The average molecular weight is 308 g/mol. The fourth-order valence-corrected chi connectivity index (χ4v) is 3.07. The van der Waals surface area contributed by atoms with Gasteiger partial charge in [0.1, 0.15) is 17.2 Å². The van der Waals surface area contributed by atoms with Crippen molar-refractivity contribution in [2.45, 2.75) is 18.9 Å². The van der Waals surface area contributed by atoms with E-state index in [0.29, 0.717) is 23.1 Å². The van der Waals surface area contributed by atoms with Crippen molar-refractivity contribution in [2.75, 3.05) is 7.05 Å². The third-order valence-electron chi connectivity index (χ3n) is 4.24. The predicted molar refractivity (Wildman–Crippen MR) is 83.9 cm³/mol. The zero-order valence-electron chi connectivity index (χ0n) is 12.7. The van der Waals surface area contributed by atoms with Crippen LogP contribution in [0.1, 0.15) is 27.8 Å². The molecular formula is C16H16N6O.